The van der Waals surface area contributed by atoms with Gasteiger partial charge in [0.1, 0.15) is 0 Å². The second-order valence-corrected chi connectivity index (χ2v) is 5.32. The van der Waals surface area contributed by atoms with Gasteiger partial charge < -0.3 is 11.1 Å². The molecule has 0 radical (unpaired) electrons. The lowest BCUT2D eigenvalue weighted by Crippen LogP contribution is -2.14. The average Bonchev–Trinajstić information content (AvgIpc) is 2.73. The van der Waals surface area contributed by atoms with Crippen molar-refractivity contribution in [3.63, 3.8) is 0 Å². The van der Waals surface area contributed by atoms with Gasteiger partial charge in [0.05, 0.1) is 5.69 Å². The Morgan fingerprint density at radius 1 is 1.33 bits per heavy atom. The van der Waals surface area contributed by atoms with Crippen molar-refractivity contribution in [3.8, 4) is 0 Å². The minimum atomic E-state index is 0.00484. The molecule has 21 heavy (non-hydrogen) atoms. The van der Waals surface area contributed by atoms with E-state index in [9.17, 15) is 4.79 Å². The molecule has 1 aromatic heterocycles. The first-order valence-corrected chi connectivity index (χ1v) is 7.13. The van der Waals surface area contributed by atoms with Gasteiger partial charge in [0.15, 0.2) is 0 Å². The van der Waals surface area contributed by atoms with Crippen molar-refractivity contribution in [2.24, 2.45) is 0 Å². The molecule has 0 aliphatic carbocycles. The van der Waals surface area contributed by atoms with Gasteiger partial charge in [0, 0.05) is 30.0 Å². The summed E-state index contributed by atoms with van der Waals surface area (Å²) in [6.07, 6.45) is 1.22. The number of nitrogens with one attached hydrogen (secondary N) is 1. The van der Waals surface area contributed by atoms with Crippen molar-refractivity contribution in [2.75, 3.05) is 11.1 Å². The van der Waals surface area contributed by atoms with Crippen molar-refractivity contribution < 1.29 is 4.79 Å². The number of carbonyl (C=O) groups is 1. The molecular weight excluding hydrogens is 264 g/mol. The summed E-state index contributed by atoms with van der Waals surface area (Å²) in [5.41, 5.74) is 10.3. The summed E-state index contributed by atoms with van der Waals surface area (Å²) in [7, 11) is 0. The van der Waals surface area contributed by atoms with E-state index in [1.807, 2.05) is 49.7 Å². The third-order valence-corrected chi connectivity index (χ3v) is 3.53. The van der Waals surface area contributed by atoms with Crippen LogP contribution in [0.1, 0.15) is 29.8 Å². The highest BCUT2D eigenvalue weighted by atomic mass is 16.1. The number of nitrogen functional groups attached to an aromatic ring is 1. The van der Waals surface area contributed by atoms with Gasteiger partial charge in [-0.15, -0.1) is 0 Å². The predicted octanol–water partition coefficient (Wildman–Crippen LogP) is 2.81. The number of amides is 1. The van der Waals surface area contributed by atoms with Crippen LogP contribution in [-0.4, -0.2) is 15.7 Å². The van der Waals surface area contributed by atoms with Gasteiger partial charge in [-0.25, -0.2) is 0 Å². The molecule has 3 N–H and O–H groups in total. The number of nitrogens with two attached hydrogens (primary N) is 1. The second kappa shape index (κ2) is 6.43. The zero-order chi connectivity index (χ0) is 15.4. The maximum absolute atomic E-state index is 12.0. The molecule has 112 valence electrons. The molecule has 0 fully saturated rings. The second-order valence-electron chi connectivity index (χ2n) is 5.32. The van der Waals surface area contributed by atoms with Gasteiger partial charge in [0.2, 0.25) is 5.91 Å². The van der Waals surface area contributed by atoms with Gasteiger partial charge in [-0.05, 0) is 51.0 Å². The van der Waals surface area contributed by atoms with E-state index in [2.05, 4.69) is 10.4 Å². The van der Waals surface area contributed by atoms with Crippen molar-refractivity contribution in [2.45, 2.75) is 40.2 Å². The summed E-state index contributed by atoms with van der Waals surface area (Å²) in [6, 6.07) is 7.57. The highest BCUT2D eigenvalue weighted by Gasteiger charge is 2.07. The van der Waals surface area contributed by atoms with Crippen LogP contribution in [-0.2, 0) is 11.3 Å². The first kappa shape index (κ1) is 15.1. The van der Waals surface area contributed by atoms with Crippen LogP contribution in [0.4, 0.5) is 11.4 Å². The third-order valence-electron chi connectivity index (χ3n) is 3.53. The summed E-state index contributed by atoms with van der Waals surface area (Å²) in [4.78, 5) is 12.0. The lowest BCUT2D eigenvalue weighted by atomic mass is 10.1. The van der Waals surface area contributed by atoms with E-state index in [-0.39, 0.29) is 5.91 Å². The molecule has 2 aromatic rings. The molecule has 2 rings (SSSR count). The summed E-state index contributed by atoms with van der Waals surface area (Å²) in [5, 5.41) is 7.29. The number of rotatable bonds is 5. The summed E-state index contributed by atoms with van der Waals surface area (Å²) in [5.74, 6) is 0.00484. The molecule has 0 saturated heterocycles. The van der Waals surface area contributed by atoms with Gasteiger partial charge >= 0.3 is 0 Å². The molecule has 0 aliphatic heterocycles. The Bertz CT molecular complexity index is 646. The fraction of sp³-hybridized carbons (Fsp3) is 0.375. The topological polar surface area (TPSA) is 72.9 Å². The number of hydrogen-bond acceptors (Lipinski definition) is 3. The first-order chi connectivity index (χ1) is 9.97. The Hall–Kier alpha value is -2.30. The van der Waals surface area contributed by atoms with Crippen LogP contribution in [0.25, 0.3) is 0 Å². The van der Waals surface area contributed by atoms with Crippen molar-refractivity contribution in [1.82, 2.24) is 9.78 Å². The van der Waals surface area contributed by atoms with Crippen LogP contribution in [0.2, 0.25) is 0 Å². The number of aryl methyl sites for hydroxylation is 3. The predicted molar refractivity (Wildman–Crippen MR) is 85.2 cm³/mol. The van der Waals surface area contributed by atoms with Crippen LogP contribution in [0, 0.1) is 20.8 Å². The molecular formula is C16H22N4O. The van der Waals surface area contributed by atoms with Crippen LogP contribution in [0.15, 0.2) is 24.3 Å². The highest BCUT2D eigenvalue weighted by molar-refractivity contribution is 5.92. The molecule has 5 heteroatoms. The van der Waals surface area contributed by atoms with Crippen molar-refractivity contribution in [3.05, 3.63) is 41.2 Å². The molecule has 0 spiro atoms. The molecule has 0 atom stereocenters. The number of nitrogens with zero attached hydrogens (tertiary/aromatic N) is 2. The molecule has 1 heterocycles. The Kier molecular flexibility index (Phi) is 4.62. The third kappa shape index (κ3) is 3.84. The SMILES string of the molecule is Cc1cc(C)n(CCCC(=O)Nc2cccc(N)c2C)n1. The molecule has 1 amide bonds. The van der Waals surface area contributed by atoms with Gasteiger partial charge in [-0.1, -0.05) is 6.07 Å². The Morgan fingerprint density at radius 3 is 2.76 bits per heavy atom. The number of aromatic nitrogens is 2. The molecule has 0 bridgehead atoms. The molecule has 1 aromatic carbocycles. The molecule has 0 unspecified atom stereocenters. The van der Waals surface area contributed by atoms with E-state index in [1.54, 1.807) is 0 Å². The van der Waals surface area contributed by atoms with Gasteiger partial charge in [0.25, 0.3) is 0 Å². The Balaban J connectivity index is 1.85. The first-order valence-electron chi connectivity index (χ1n) is 7.13. The van der Waals surface area contributed by atoms with Crippen LogP contribution >= 0.6 is 0 Å². The fourth-order valence-corrected chi connectivity index (χ4v) is 2.29. The summed E-state index contributed by atoms with van der Waals surface area (Å²) >= 11 is 0. The zero-order valence-corrected chi connectivity index (χ0v) is 12.8. The summed E-state index contributed by atoms with van der Waals surface area (Å²) in [6.45, 7) is 6.65. The monoisotopic (exact) mass is 286 g/mol. The van der Waals surface area contributed by atoms with Crippen LogP contribution in [0.5, 0.6) is 0 Å². The van der Waals surface area contributed by atoms with Gasteiger partial charge in [-0.2, -0.15) is 5.10 Å². The minimum Gasteiger partial charge on any atom is -0.398 e. The van der Waals surface area contributed by atoms with Crippen molar-refractivity contribution in [1.29, 1.82) is 0 Å². The molecule has 0 aliphatic rings. The van der Waals surface area contributed by atoms with Gasteiger partial charge in [-0.3, -0.25) is 9.48 Å². The van der Waals surface area contributed by atoms with E-state index >= 15 is 0 Å². The maximum Gasteiger partial charge on any atom is 0.224 e. The number of anilines is 2. The van der Waals surface area contributed by atoms with Crippen LogP contribution in [0.3, 0.4) is 0 Å². The lowest BCUT2D eigenvalue weighted by Gasteiger charge is -2.10. The normalized spacial score (nSPS) is 10.6. The van der Waals surface area contributed by atoms with E-state index in [0.717, 1.165) is 35.6 Å². The van der Waals surface area contributed by atoms with E-state index < -0.39 is 0 Å². The Morgan fingerprint density at radius 2 is 2.10 bits per heavy atom. The average molecular weight is 286 g/mol. The minimum absolute atomic E-state index is 0.00484. The molecule has 5 nitrogen and oxygen atoms in total. The maximum atomic E-state index is 12.0. The van der Waals surface area contributed by atoms with E-state index in [1.165, 1.54) is 0 Å². The standard InChI is InChI=1S/C16H22N4O/c1-11-10-12(2)20(19-11)9-5-8-16(21)18-15-7-4-6-14(17)13(15)3/h4,6-7,10H,5,8-9,17H2,1-3H3,(H,18,21). The van der Waals surface area contributed by atoms with Crippen molar-refractivity contribution >= 4 is 17.3 Å². The largest absolute Gasteiger partial charge is 0.398 e. The highest BCUT2D eigenvalue weighted by Crippen LogP contribution is 2.20. The zero-order valence-electron chi connectivity index (χ0n) is 12.8. The van der Waals surface area contributed by atoms with E-state index in [4.69, 9.17) is 5.73 Å². The van der Waals surface area contributed by atoms with Crippen LogP contribution < -0.4 is 11.1 Å². The smallest absolute Gasteiger partial charge is 0.224 e. The lowest BCUT2D eigenvalue weighted by molar-refractivity contribution is -0.116. The molecule has 0 saturated carbocycles. The quantitative estimate of drug-likeness (QED) is 0.830. The van der Waals surface area contributed by atoms with E-state index in [0.29, 0.717) is 12.1 Å². The summed E-state index contributed by atoms with van der Waals surface area (Å²) < 4.78 is 1.94. The number of benzene rings is 1. The Labute approximate surface area is 125 Å². The number of hydrogen-bond donors (Lipinski definition) is 2. The fourth-order valence-electron chi connectivity index (χ4n) is 2.29. The number of carbonyl (C=O) groups excluding carboxylic acids is 1.